The highest BCUT2D eigenvalue weighted by Crippen LogP contribution is 2.21. The molecule has 5 heteroatoms. The molecule has 0 aliphatic rings. The minimum absolute atomic E-state index is 0.208. The smallest absolute Gasteiger partial charge is 0.389 e. The number of aliphatic hydroxyl groups is 1. The first-order valence-corrected chi connectivity index (χ1v) is 2.89. The van der Waals surface area contributed by atoms with Crippen molar-refractivity contribution in [3.05, 3.63) is 0 Å². The molecule has 0 amide bonds. The number of rotatable bonds is 3. The molecule has 2 nitrogen and oxygen atoms in total. The molecule has 0 heterocycles. The van der Waals surface area contributed by atoms with Gasteiger partial charge in [-0.25, -0.2) is 0 Å². The molecule has 0 aromatic carbocycles. The molecule has 62 valence electrons. The lowest BCUT2D eigenvalue weighted by Gasteiger charge is -2.09. The first kappa shape index (κ1) is 9.71. The van der Waals surface area contributed by atoms with Gasteiger partial charge in [0, 0.05) is 12.5 Å². The lowest BCUT2D eigenvalue weighted by atomic mass is 10.2. The maximum Gasteiger partial charge on any atom is 0.389 e. The molecule has 10 heavy (non-hydrogen) atoms. The van der Waals surface area contributed by atoms with Gasteiger partial charge < -0.3 is 10.8 Å². The highest BCUT2D eigenvalue weighted by molar-refractivity contribution is 4.61. The molecule has 1 atom stereocenters. The van der Waals surface area contributed by atoms with Crippen LogP contribution in [0.5, 0.6) is 0 Å². The predicted octanol–water partition coefficient (Wildman–Crippen LogP) is 0.649. The summed E-state index contributed by atoms with van der Waals surface area (Å²) in [5.74, 6) is 0. The van der Waals surface area contributed by atoms with Crippen molar-refractivity contribution in [1.82, 2.24) is 0 Å². The predicted molar refractivity (Wildman–Crippen MR) is 30.4 cm³/mol. The van der Waals surface area contributed by atoms with Crippen molar-refractivity contribution in [3.8, 4) is 0 Å². The van der Waals surface area contributed by atoms with E-state index in [9.17, 15) is 13.2 Å². The van der Waals surface area contributed by atoms with E-state index in [4.69, 9.17) is 10.8 Å². The maximum absolute atomic E-state index is 11.4. The summed E-state index contributed by atoms with van der Waals surface area (Å²) >= 11 is 0. The van der Waals surface area contributed by atoms with E-state index in [2.05, 4.69) is 0 Å². The topological polar surface area (TPSA) is 46.2 Å². The molecule has 0 spiro atoms. The fourth-order valence-corrected chi connectivity index (χ4v) is 0.440. The Labute approximate surface area is 56.8 Å². The van der Waals surface area contributed by atoms with Crippen LogP contribution < -0.4 is 5.73 Å². The summed E-state index contributed by atoms with van der Waals surface area (Å²) in [5.41, 5.74) is 5.03. The molecule has 0 rings (SSSR count). The van der Waals surface area contributed by atoms with E-state index >= 15 is 0 Å². The second-order valence-electron chi connectivity index (χ2n) is 2.10. The second kappa shape index (κ2) is 3.78. The largest absolute Gasteiger partial charge is 0.395 e. The monoisotopic (exact) mass is 157 g/mol. The number of hydrogen-bond donors (Lipinski definition) is 2. The lowest BCUT2D eigenvalue weighted by Crippen LogP contribution is -2.26. The van der Waals surface area contributed by atoms with Gasteiger partial charge in [-0.2, -0.15) is 13.2 Å². The van der Waals surface area contributed by atoms with Crippen LogP contribution in [0.4, 0.5) is 13.2 Å². The molecular formula is C5H10F3NO. The Morgan fingerprint density at radius 3 is 2.20 bits per heavy atom. The molecular weight excluding hydrogens is 147 g/mol. The standard InChI is InChI=1S/C5H10F3NO/c6-5(7,8)2-1-4(9)3-10/h4,10H,1-3,9H2. The Bertz CT molecular complexity index is 93.4. The molecule has 0 bridgehead atoms. The Hall–Kier alpha value is -0.290. The van der Waals surface area contributed by atoms with Gasteiger partial charge in [-0.1, -0.05) is 0 Å². The Kier molecular flexibility index (Phi) is 3.67. The normalized spacial score (nSPS) is 15.3. The summed E-state index contributed by atoms with van der Waals surface area (Å²) in [6.45, 7) is -0.393. The zero-order valence-electron chi connectivity index (χ0n) is 5.36. The Balaban J connectivity index is 3.36. The fourth-order valence-electron chi connectivity index (χ4n) is 0.440. The van der Waals surface area contributed by atoms with E-state index < -0.39 is 25.2 Å². The number of aliphatic hydroxyl groups excluding tert-OH is 1. The maximum atomic E-state index is 11.4. The summed E-state index contributed by atoms with van der Waals surface area (Å²) in [6.07, 6.45) is -5.29. The van der Waals surface area contributed by atoms with E-state index in [1.54, 1.807) is 0 Å². The summed E-state index contributed by atoms with van der Waals surface area (Å²) in [5, 5.41) is 8.24. The number of hydrogen-bond acceptors (Lipinski definition) is 2. The van der Waals surface area contributed by atoms with Crippen molar-refractivity contribution in [2.45, 2.75) is 25.1 Å². The van der Waals surface area contributed by atoms with Crippen LogP contribution in [0, 0.1) is 0 Å². The number of nitrogens with two attached hydrogens (primary N) is 1. The molecule has 0 aliphatic heterocycles. The van der Waals surface area contributed by atoms with E-state index in [0.717, 1.165) is 0 Å². The third kappa shape index (κ3) is 5.84. The van der Waals surface area contributed by atoms with Crippen molar-refractivity contribution in [2.75, 3.05) is 6.61 Å². The summed E-state index contributed by atoms with van der Waals surface area (Å²) < 4.78 is 34.2. The average molecular weight is 157 g/mol. The van der Waals surface area contributed by atoms with E-state index in [0.29, 0.717) is 0 Å². The minimum Gasteiger partial charge on any atom is -0.395 e. The second-order valence-corrected chi connectivity index (χ2v) is 2.10. The van der Waals surface area contributed by atoms with E-state index in [1.165, 1.54) is 0 Å². The van der Waals surface area contributed by atoms with E-state index in [-0.39, 0.29) is 6.42 Å². The first-order valence-electron chi connectivity index (χ1n) is 2.89. The summed E-state index contributed by atoms with van der Waals surface area (Å²) in [7, 11) is 0. The van der Waals surface area contributed by atoms with Crippen molar-refractivity contribution >= 4 is 0 Å². The van der Waals surface area contributed by atoms with Gasteiger partial charge in [0.2, 0.25) is 0 Å². The molecule has 0 aliphatic carbocycles. The molecule has 1 unspecified atom stereocenters. The van der Waals surface area contributed by atoms with Crippen LogP contribution in [-0.2, 0) is 0 Å². The van der Waals surface area contributed by atoms with Crippen LogP contribution in [0.15, 0.2) is 0 Å². The van der Waals surface area contributed by atoms with Crippen LogP contribution in [0.1, 0.15) is 12.8 Å². The first-order chi connectivity index (χ1) is 4.45. The molecule has 0 fully saturated rings. The van der Waals surface area contributed by atoms with Gasteiger partial charge >= 0.3 is 6.18 Å². The Morgan fingerprint density at radius 2 is 1.90 bits per heavy atom. The van der Waals surface area contributed by atoms with Crippen LogP contribution >= 0.6 is 0 Å². The molecule has 0 saturated carbocycles. The molecule has 0 radical (unpaired) electrons. The lowest BCUT2D eigenvalue weighted by molar-refractivity contribution is -0.136. The van der Waals surface area contributed by atoms with Crippen LogP contribution in [0.2, 0.25) is 0 Å². The van der Waals surface area contributed by atoms with Crippen LogP contribution in [0.3, 0.4) is 0 Å². The average Bonchev–Trinajstić information content (AvgIpc) is 1.81. The van der Waals surface area contributed by atoms with Gasteiger partial charge in [-0.05, 0) is 6.42 Å². The molecule has 3 N–H and O–H groups in total. The van der Waals surface area contributed by atoms with Crippen LogP contribution in [0.25, 0.3) is 0 Å². The summed E-state index contributed by atoms with van der Waals surface area (Å²) in [6, 6.07) is -0.748. The van der Waals surface area contributed by atoms with Crippen LogP contribution in [-0.4, -0.2) is 23.9 Å². The third-order valence-corrected chi connectivity index (χ3v) is 1.03. The van der Waals surface area contributed by atoms with Crippen molar-refractivity contribution in [1.29, 1.82) is 0 Å². The highest BCUT2D eigenvalue weighted by atomic mass is 19.4. The van der Waals surface area contributed by atoms with Gasteiger partial charge in [-0.15, -0.1) is 0 Å². The number of alkyl halides is 3. The van der Waals surface area contributed by atoms with E-state index in [1.807, 2.05) is 0 Å². The van der Waals surface area contributed by atoms with Gasteiger partial charge in [0.15, 0.2) is 0 Å². The third-order valence-electron chi connectivity index (χ3n) is 1.03. The summed E-state index contributed by atoms with van der Waals surface area (Å²) in [4.78, 5) is 0. The molecule has 0 aromatic rings. The number of halogens is 3. The van der Waals surface area contributed by atoms with Crippen molar-refractivity contribution in [3.63, 3.8) is 0 Å². The Morgan fingerprint density at radius 1 is 1.40 bits per heavy atom. The fraction of sp³-hybridized carbons (Fsp3) is 1.00. The molecule has 0 aromatic heterocycles. The zero-order chi connectivity index (χ0) is 8.20. The van der Waals surface area contributed by atoms with Crippen molar-refractivity contribution in [2.24, 2.45) is 5.73 Å². The highest BCUT2D eigenvalue weighted by Gasteiger charge is 2.27. The van der Waals surface area contributed by atoms with Gasteiger partial charge in [0.05, 0.1) is 6.61 Å². The zero-order valence-corrected chi connectivity index (χ0v) is 5.36. The van der Waals surface area contributed by atoms with Crippen molar-refractivity contribution < 1.29 is 18.3 Å². The van der Waals surface area contributed by atoms with Gasteiger partial charge in [0.1, 0.15) is 0 Å². The SMILES string of the molecule is NC(CO)CCC(F)(F)F. The minimum atomic E-state index is -4.16. The van der Waals surface area contributed by atoms with Gasteiger partial charge in [0.25, 0.3) is 0 Å². The van der Waals surface area contributed by atoms with Gasteiger partial charge in [-0.3, -0.25) is 0 Å². The molecule has 0 saturated heterocycles. The quantitative estimate of drug-likeness (QED) is 0.631.